The summed E-state index contributed by atoms with van der Waals surface area (Å²) in [6, 6.07) is 0.211. The molecule has 1 aliphatic carbocycles. The number of carboxylic acid groups (broad SMARTS) is 1. The van der Waals surface area contributed by atoms with Crippen LogP contribution in [0.2, 0.25) is 0 Å². The molecule has 2 atom stereocenters. The second kappa shape index (κ2) is 4.49. The Bertz CT molecular complexity index is 238. The van der Waals surface area contributed by atoms with Crippen molar-refractivity contribution in [3.05, 3.63) is 0 Å². The fourth-order valence-corrected chi connectivity index (χ4v) is 2.63. The maximum atomic E-state index is 10.7. The smallest absolute Gasteiger partial charge is 0.309 e. The summed E-state index contributed by atoms with van der Waals surface area (Å²) >= 11 is 0. The van der Waals surface area contributed by atoms with E-state index in [2.05, 4.69) is 4.90 Å². The Morgan fingerprint density at radius 1 is 1.13 bits per heavy atom. The summed E-state index contributed by atoms with van der Waals surface area (Å²) in [5.74, 6) is -0.908. The summed E-state index contributed by atoms with van der Waals surface area (Å²) in [7, 11) is 0. The highest BCUT2D eigenvalue weighted by Crippen LogP contribution is 2.28. The van der Waals surface area contributed by atoms with Gasteiger partial charge in [-0.15, -0.1) is 0 Å². The first-order valence-corrected chi connectivity index (χ1v) is 5.83. The van der Waals surface area contributed by atoms with Gasteiger partial charge in [0.1, 0.15) is 0 Å². The van der Waals surface area contributed by atoms with Crippen LogP contribution < -0.4 is 0 Å². The van der Waals surface area contributed by atoms with Gasteiger partial charge in [0.15, 0.2) is 0 Å². The fraction of sp³-hybridized carbons (Fsp3) is 0.909. The van der Waals surface area contributed by atoms with E-state index < -0.39 is 5.97 Å². The minimum absolute atomic E-state index is 0.208. The largest absolute Gasteiger partial charge is 0.481 e. The predicted molar refractivity (Wildman–Crippen MR) is 55.6 cm³/mol. The van der Waals surface area contributed by atoms with Gasteiger partial charge < -0.3 is 10.2 Å². The van der Waals surface area contributed by atoms with Gasteiger partial charge in [0.2, 0.25) is 0 Å². The van der Waals surface area contributed by atoms with E-state index in [0.29, 0.717) is 13.1 Å². The molecule has 1 saturated heterocycles. The van der Waals surface area contributed by atoms with E-state index in [9.17, 15) is 9.90 Å². The molecule has 4 nitrogen and oxygen atoms in total. The highest BCUT2D eigenvalue weighted by molar-refractivity contribution is 5.71. The third kappa shape index (κ3) is 2.32. The monoisotopic (exact) mass is 213 g/mol. The lowest BCUT2D eigenvalue weighted by Crippen LogP contribution is -2.57. The van der Waals surface area contributed by atoms with Gasteiger partial charge in [-0.1, -0.05) is 19.3 Å². The van der Waals surface area contributed by atoms with E-state index in [4.69, 9.17) is 5.11 Å². The normalized spacial score (nSPS) is 34.5. The topological polar surface area (TPSA) is 60.8 Å². The molecule has 0 radical (unpaired) electrons. The number of hydrogen-bond acceptors (Lipinski definition) is 3. The average molecular weight is 213 g/mol. The Kier molecular flexibility index (Phi) is 3.26. The second-order valence-electron chi connectivity index (χ2n) is 4.76. The molecule has 2 N–H and O–H groups in total. The summed E-state index contributed by atoms with van der Waals surface area (Å²) in [6.07, 6.45) is 5.11. The molecule has 2 aliphatic rings. The standard InChI is InChI=1S/C11H19NO3/c13-10-5-3-1-2-4-9(10)12-6-8(7-12)11(14)15/h8-10,13H,1-7H2,(H,14,15). The summed E-state index contributed by atoms with van der Waals surface area (Å²) in [4.78, 5) is 12.8. The van der Waals surface area contributed by atoms with Crippen molar-refractivity contribution < 1.29 is 15.0 Å². The van der Waals surface area contributed by atoms with Crippen LogP contribution in [0.15, 0.2) is 0 Å². The number of aliphatic carboxylic acids is 1. The molecule has 2 fully saturated rings. The molecule has 0 amide bonds. The predicted octanol–water partition coefficient (Wildman–Crippen LogP) is 0.696. The van der Waals surface area contributed by atoms with Crippen molar-refractivity contribution >= 4 is 5.97 Å². The maximum Gasteiger partial charge on any atom is 0.309 e. The Balaban J connectivity index is 1.85. The van der Waals surface area contributed by atoms with E-state index >= 15 is 0 Å². The molecule has 0 spiro atoms. The fourth-order valence-electron chi connectivity index (χ4n) is 2.63. The Morgan fingerprint density at radius 3 is 2.47 bits per heavy atom. The highest BCUT2D eigenvalue weighted by Gasteiger charge is 2.39. The molecule has 15 heavy (non-hydrogen) atoms. The molecule has 2 rings (SSSR count). The number of rotatable bonds is 2. The Hall–Kier alpha value is -0.610. The van der Waals surface area contributed by atoms with Crippen molar-refractivity contribution in [1.82, 2.24) is 4.90 Å². The van der Waals surface area contributed by atoms with E-state index in [0.717, 1.165) is 25.7 Å². The third-order valence-corrected chi connectivity index (χ3v) is 3.67. The lowest BCUT2D eigenvalue weighted by Gasteiger charge is -2.43. The number of aliphatic hydroxyl groups is 1. The minimum Gasteiger partial charge on any atom is -0.481 e. The van der Waals surface area contributed by atoms with Crippen molar-refractivity contribution in [3.8, 4) is 0 Å². The molecule has 0 aromatic heterocycles. The summed E-state index contributed by atoms with van der Waals surface area (Å²) in [6.45, 7) is 1.24. The molecular formula is C11H19NO3. The van der Waals surface area contributed by atoms with Crippen molar-refractivity contribution in [1.29, 1.82) is 0 Å². The SMILES string of the molecule is O=C(O)C1CN(C2CCCCCC2O)C1. The van der Waals surface area contributed by atoms with Gasteiger partial charge in [-0.05, 0) is 12.8 Å². The zero-order valence-electron chi connectivity index (χ0n) is 8.93. The van der Waals surface area contributed by atoms with Crippen LogP contribution in [0.4, 0.5) is 0 Å². The zero-order chi connectivity index (χ0) is 10.8. The molecule has 0 aromatic carbocycles. The van der Waals surface area contributed by atoms with Gasteiger partial charge >= 0.3 is 5.97 Å². The number of hydrogen-bond donors (Lipinski definition) is 2. The van der Waals surface area contributed by atoms with E-state index in [1.165, 1.54) is 6.42 Å². The van der Waals surface area contributed by atoms with Crippen LogP contribution in [0.5, 0.6) is 0 Å². The Morgan fingerprint density at radius 2 is 1.80 bits per heavy atom. The van der Waals surface area contributed by atoms with Crippen LogP contribution in [0.1, 0.15) is 32.1 Å². The number of carbonyl (C=O) groups is 1. The van der Waals surface area contributed by atoms with Gasteiger partial charge in [-0.2, -0.15) is 0 Å². The maximum absolute atomic E-state index is 10.7. The molecule has 1 aliphatic heterocycles. The van der Waals surface area contributed by atoms with Crippen molar-refractivity contribution in [2.45, 2.75) is 44.2 Å². The van der Waals surface area contributed by atoms with Gasteiger partial charge in [0.05, 0.1) is 12.0 Å². The van der Waals surface area contributed by atoms with Crippen LogP contribution in [-0.2, 0) is 4.79 Å². The first-order chi connectivity index (χ1) is 7.18. The number of carboxylic acids is 1. The van der Waals surface area contributed by atoms with Crippen LogP contribution in [0, 0.1) is 5.92 Å². The number of nitrogens with zero attached hydrogens (tertiary/aromatic N) is 1. The molecule has 1 saturated carbocycles. The van der Waals surface area contributed by atoms with E-state index in [1.54, 1.807) is 0 Å². The molecular weight excluding hydrogens is 194 g/mol. The number of aliphatic hydroxyl groups excluding tert-OH is 1. The van der Waals surface area contributed by atoms with Gasteiger partial charge in [-0.3, -0.25) is 9.69 Å². The Labute approximate surface area is 89.9 Å². The third-order valence-electron chi connectivity index (χ3n) is 3.67. The second-order valence-corrected chi connectivity index (χ2v) is 4.76. The molecule has 0 bridgehead atoms. The van der Waals surface area contributed by atoms with E-state index in [-0.39, 0.29) is 18.1 Å². The lowest BCUT2D eigenvalue weighted by atomic mass is 9.93. The van der Waals surface area contributed by atoms with Crippen molar-refractivity contribution in [2.75, 3.05) is 13.1 Å². The van der Waals surface area contributed by atoms with Crippen LogP contribution in [0.3, 0.4) is 0 Å². The average Bonchev–Trinajstić information content (AvgIpc) is 2.28. The first kappa shape index (κ1) is 10.9. The zero-order valence-corrected chi connectivity index (χ0v) is 8.93. The summed E-state index contributed by atoms with van der Waals surface area (Å²) < 4.78 is 0. The van der Waals surface area contributed by atoms with Gasteiger partial charge in [0.25, 0.3) is 0 Å². The van der Waals surface area contributed by atoms with Crippen LogP contribution >= 0.6 is 0 Å². The summed E-state index contributed by atoms with van der Waals surface area (Å²) in [5.41, 5.74) is 0. The quantitative estimate of drug-likeness (QED) is 0.663. The highest BCUT2D eigenvalue weighted by atomic mass is 16.4. The number of likely N-dealkylation sites (tertiary alicyclic amines) is 1. The van der Waals surface area contributed by atoms with Gasteiger partial charge in [-0.25, -0.2) is 0 Å². The van der Waals surface area contributed by atoms with Gasteiger partial charge in [0, 0.05) is 19.1 Å². The molecule has 2 unspecified atom stereocenters. The van der Waals surface area contributed by atoms with E-state index in [1.807, 2.05) is 0 Å². The lowest BCUT2D eigenvalue weighted by molar-refractivity contribution is -0.150. The van der Waals surface area contributed by atoms with Crippen LogP contribution in [0.25, 0.3) is 0 Å². The van der Waals surface area contributed by atoms with Crippen molar-refractivity contribution in [3.63, 3.8) is 0 Å². The first-order valence-electron chi connectivity index (χ1n) is 5.83. The van der Waals surface area contributed by atoms with Crippen molar-refractivity contribution in [2.24, 2.45) is 5.92 Å². The van der Waals surface area contributed by atoms with Crippen LogP contribution in [-0.4, -0.2) is 46.3 Å². The summed E-state index contributed by atoms with van der Waals surface area (Å²) in [5, 5.41) is 18.7. The molecule has 1 heterocycles. The minimum atomic E-state index is -0.700. The molecule has 4 heteroatoms. The molecule has 0 aromatic rings. The molecule has 86 valence electrons.